The third-order valence-corrected chi connectivity index (χ3v) is 8.17. The molecule has 0 amide bonds. The lowest BCUT2D eigenvalue weighted by atomic mass is 9.62. The molecule has 1 aliphatic carbocycles. The monoisotopic (exact) mass is 523 g/mol. The first-order valence-electron chi connectivity index (χ1n) is 12.6. The third-order valence-electron chi connectivity index (χ3n) is 7.94. The molecule has 3 aliphatic rings. The number of aromatic nitrogens is 1. The van der Waals surface area contributed by atoms with Gasteiger partial charge in [-0.05, 0) is 62.8 Å². The molecule has 8 heteroatoms. The normalized spacial score (nSPS) is 23.5. The predicted molar refractivity (Wildman–Crippen MR) is 137 cm³/mol. The number of aliphatic carboxylic acids is 1. The van der Waals surface area contributed by atoms with E-state index in [1.807, 2.05) is 38.1 Å². The molecule has 2 saturated heterocycles. The number of esters is 1. The lowest BCUT2D eigenvalue weighted by molar-refractivity contribution is -0.175. The summed E-state index contributed by atoms with van der Waals surface area (Å²) in [6.07, 6.45) is 2.99. The van der Waals surface area contributed by atoms with E-state index in [9.17, 15) is 14.7 Å². The zero-order valence-electron chi connectivity index (χ0n) is 21.0. The van der Waals surface area contributed by atoms with Crippen LogP contribution in [0.2, 0.25) is 5.02 Å². The molecule has 3 fully saturated rings. The number of ether oxygens (including phenoxy) is 2. The summed E-state index contributed by atoms with van der Waals surface area (Å²) in [6.45, 7) is 4.16. The smallest absolute Gasteiger partial charge is 0.311 e. The molecule has 2 aliphatic heterocycles. The van der Waals surface area contributed by atoms with Gasteiger partial charge in [-0.2, -0.15) is 0 Å². The number of halogens is 1. The molecule has 2 aromatic carbocycles. The standard InChI is InChI=1S/C29H30ClNO6/c1-18-24(15-26(34)36-19(2)21-4-3-5-23(30)14-21)27(37-31-18)20-6-8-22(9-7-20)28-10-12-29(13-11-28,35-17-28)16-25(32)33/h3-9,14,19H,10-13,15-17H2,1-2H3,(H,32,33). The minimum Gasteiger partial charge on any atom is -0.481 e. The van der Waals surface area contributed by atoms with E-state index in [4.69, 9.17) is 25.6 Å². The van der Waals surface area contributed by atoms with Gasteiger partial charge in [0.2, 0.25) is 0 Å². The van der Waals surface area contributed by atoms with E-state index in [0.29, 0.717) is 28.6 Å². The maximum atomic E-state index is 12.8. The highest BCUT2D eigenvalue weighted by Gasteiger charge is 2.51. The van der Waals surface area contributed by atoms with Gasteiger partial charge in [-0.25, -0.2) is 0 Å². The zero-order chi connectivity index (χ0) is 26.2. The summed E-state index contributed by atoms with van der Waals surface area (Å²) in [5.41, 5.74) is 3.57. The lowest BCUT2D eigenvalue weighted by Gasteiger charge is -2.53. The van der Waals surface area contributed by atoms with Gasteiger partial charge in [-0.15, -0.1) is 0 Å². The molecule has 6 rings (SSSR count). The summed E-state index contributed by atoms with van der Waals surface area (Å²) in [7, 11) is 0. The van der Waals surface area contributed by atoms with Crippen molar-refractivity contribution in [3.63, 3.8) is 0 Å². The van der Waals surface area contributed by atoms with Gasteiger partial charge in [0.25, 0.3) is 0 Å². The van der Waals surface area contributed by atoms with Crippen LogP contribution in [0.4, 0.5) is 0 Å². The van der Waals surface area contributed by atoms with Crippen LogP contribution in [0.25, 0.3) is 11.3 Å². The molecule has 7 nitrogen and oxygen atoms in total. The lowest BCUT2D eigenvalue weighted by Crippen LogP contribution is -2.54. The first-order valence-corrected chi connectivity index (χ1v) is 12.9. The number of carbonyl (C=O) groups excluding carboxylic acids is 1. The summed E-state index contributed by atoms with van der Waals surface area (Å²) < 4.78 is 17.4. The number of fused-ring (bicyclic) bond motifs is 3. The average Bonchev–Trinajstić information content (AvgIpc) is 3.24. The largest absolute Gasteiger partial charge is 0.481 e. The van der Waals surface area contributed by atoms with Gasteiger partial charge < -0.3 is 19.1 Å². The van der Waals surface area contributed by atoms with E-state index in [1.165, 1.54) is 5.56 Å². The number of nitrogens with zero attached hydrogens (tertiary/aromatic N) is 1. The number of benzene rings is 2. The molecule has 1 aromatic heterocycles. The highest BCUT2D eigenvalue weighted by molar-refractivity contribution is 6.30. The topological polar surface area (TPSA) is 98.9 Å². The van der Waals surface area contributed by atoms with Crippen LogP contribution in [0.5, 0.6) is 0 Å². The van der Waals surface area contributed by atoms with Crippen molar-refractivity contribution in [1.29, 1.82) is 0 Å². The van der Waals surface area contributed by atoms with Gasteiger partial charge in [0.15, 0.2) is 5.76 Å². The molecule has 1 N–H and O–H groups in total. The van der Waals surface area contributed by atoms with Crippen molar-refractivity contribution in [2.24, 2.45) is 0 Å². The molecule has 0 spiro atoms. The van der Waals surface area contributed by atoms with Crippen LogP contribution in [0, 0.1) is 6.92 Å². The minimum atomic E-state index is -0.806. The van der Waals surface area contributed by atoms with Crippen LogP contribution in [0.3, 0.4) is 0 Å². The fraction of sp³-hybridized carbons (Fsp3) is 0.414. The van der Waals surface area contributed by atoms with Crippen LogP contribution in [-0.2, 0) is 30.9 Å². The molecular formula is C29H30ClNO6. The Morgan fingerprint density at radius 2 is 1.86 bits per heavy atom. The Labute approximate surface area is 220 Å². The third kappa shape index (κ3) is 5.15. The van der Waals surface area contributed by atoms with Crippen molar-refractivity contribution in [3.8, 4) is 11.3 Å². The number of hydrogen-bond acceptors (Lipinski definition) is 6. The van der Waals surface area contributed by atoms with Crippen LogP contribution >= 0.6 is 11.6 Å². The Morgan fingerprint density at radius 1 is 1.14 bits per heavy atom. The first-order chi connectivity index (χ1) is 17.7. The molecule has 0 radical (unpaired) electrons. The molecule has 194 valence electrons. The molecule has 1 saturated carbocycles. The van der Waals surface area contributed by atoms with Crippen molar-refractivity contribution in [3.05, 3.63) is 75.9 Å². The fourth-order valence-corrected chi connectivity index (χ4v) is 5.85. The SMILES string of the molecule is Cc1noc(-c2ccc(C34CCC(CC(=O)O)(CC3)OC4)cc2)c1CC(=O)OC(C)c1cccc(Cl)c1. The van der Waals surface area contributed by atoms with Crippen LogP contribution in [-0.4, -0.2) is 34.4 Å². The van der Waals surface area contributed by atoms with E-state index in [1.54, 1.807) is 12.1 Å². The molecule has 1 unspecified atom stereocenters. The summed E-state index contributed by atoms with van der Waals surface area (Å²) in [5.74, 6) is -0.625. The molecule has 3 aromatic rings. The zero-order valence-corrected chi connectivity index (χ0v) is 21.7. The second-order valence-electron chi connectivity index (χ2n) is 10.3. The highest BCUT2D eigenvalue weighted by Crippen LogP contribution is 2.51. The van der Waals surface area contributed by atoms with Crippen LogP contribution < -0.4 is 0 Å². The Balaban J connectivity index is 1.28. The predicted octanol–water partition coefficient (Wildman–Crippen LogP) is 6.21. The maximum absolute atomic E-state index is 12.8. The molecule has 37 heavy (non-hydrogen) atoms. The highest BCUT2D eigenvalue weighted by atomic mass is 35.5. The minimum absolute atomic E-state index is 0.0424. The van der Waals surface area contributed by atoms with Crippen LogP contribution in [0.1, 0.15) is 67.5 Å². The van der Waals surface area contributed by atoms with Gasteiger partial charge in [-0.3, -0.25) is 9.59 Å². The van der Waals surface area contributed by atoms with Gasteiger partial charge >= 0.3 is 11.9 Å². The van der Waals surface area contributed by atoms with E-state index in [-0.39, 0.29) is 24.2 Å². The summed E-state index contributed by atoms with van der Waals surface area (Å²) in [5, 5.41) is 14.0. The average molecular weight is 524 g/mol. The van der Waals surface area contributed by atoms with Gasteiger partial charge in [0, 0.05) is 21.6 Å². The van der Waals surface area contributed by atoms with Crippen molar-refractivity contribution >= 4 is 23.5 Å². The van der Waals surface area contributed by atoms with Crippen LogP contribution in [0.15, 0.2) is 53.1 Å². The second-order valence-corrected chi connectivity index (χ2v) is 10.8. The van der Waals surface area contributed by atoms with Gasteiger partial charge in [-0.1, -0.05) is 53.2 Å². The van der Waals surface area contributed by atoms with E-state index in [2.05, 4.69) is 17.3 Å². The van der Waals surface area contributed by atoms with E-state index >= 15 is 0 Å². The molecule has 3 heterocycles. The van der Waals surface area contributed by atoms with Gasteiger partial charge in [0.05, 0.1) is 30.7 Å². The molecule has 1 atom stereocenters. The van der Waals surface area contributed by atoms with Gasteiger partial charge in [0.1, 0.15) is 6.10 Å². The molecule has 2 bridgehead atoms. The van der Waals surface area contributed by atoms with E-state index in [0.717, 1.165) is 36.8 Å². The molecular weight excluding hydrogens is 494 g/mol. The second kappa shape index (κ2) is 9.95. The summed E-state index contributed by atoms with van der Waals surface area (Å²) in [4.78, 5) is 24.0. The number of rotatable bonds is 8. The van der Waals surface area contributed by atoms with Crippen molar-refractivity contribution < 1.29 is 28.7 Å². The number of carbonyl (C=O) groups is 2. The van der Waals surface area contributed by atoms with Crippen molar-refractivity contribution in [2.75, 3.05) is 6.61 Å². The summed E-state index contributed by atoms with van der Waals surface area (Å²) >= 11 is 6.07. The van der Waals surface area contributed by atoms with E-state index < -0.39 is 17.7 Å². The summed E-state index contributed by atoms with van der Waals surface area (Å²) in [6, 6.07) is 15.4. The first kappa shape index (κ1) is 25.5. The van der Waals surface area contributed by atoms with Crippen molar-refractivity contribution in [2.45, 2.75) is 69.5 Å². The Kier molecular flexibility index (Phi) is 6.86. The maximum Gasteiger partial charge on any atom is 0.311 e. The fourth-order valence-electron chi connectivity index (χ4n) is 5.65. The quantitative estimate of drug-likeness (QED) is 0.350. The Morgan fingerprint density at radius 3 is 2.49 bits per heavy atom. The van der Waals surface area contributed by atoms with Crippen molar-refractivity contribution in [1.82, 2.24) is 5.16 Å². The Bertz CT molecular complexity index is 1290. The number of carboxylic acid groups (broad SMARTS) is 1. The number of carboxylic acids is 1. The number of aryl methyl sites for hydroxylation is 1. The number of hydrogen-bond donors (Lipinski definition) is 1. The Hall–Kier alpha value is -3.16.